The SMILES string of the molecule is CCc1ccc(-c2ccc(Cl)cc2)[o+]c1. The van der Waals surface area contributed by atoms with E-state index in [4.69, 9.17) is 16.0 Å². The normalized spacial score (nSPS) is 10.3. The third-order valence-electron chi connectivity index (χ3n) is 2.32. The van der Waals surface area contributed by atoms with E-state index in [1.807, 2.05) is 30.3 Å². The van der Waals surface area contributed by atoms with E-state index in [0.29, 0.717) is 0 Å². The van der Waals surface area contributed by atoms with Gasteiger partial charge in [-0.3, -0.25) is 0 Å². The summed E-state index contributed by atoms with van der Waals surface area (Å²) >= 11 is 5.82. The lowest BCUT2D eigenvalue weighted by atomic mass is 10.1. The maximum Gasteiger partial charge on any atom is 0.359 e. The highest BCUT2D eigenvalue weighted by Crippen LogP contribution is 2.21. The van der Waals surface area contributed by atoms with Crippen molar-refractivity contribution in [3.8, 4) is 11.3 Å². The molecule has 0 saturated carbocycles. The van der Waals surface area contributed by atoms with Crippen LogP contribution in [-0.4, -0.2) is 0 Å². The molecule has 1 aromatic carbocycles. The summed E-state index contributed by atoms with van der Waals surface area (Å²) in [5.74, 6) is 0.865. The molecule has 0 atom stereocenters. The van der Waals surface area contributed by atoms with Gasteiger partial charge in [0.05, 0.1) is 5.56 Å². The van der Waals surface area contributed by atoms with E-state index in [0.717, 1.165) is 22.8 Å². The van der Waals surface area contributed by atoms with Crippen molar-refractivity contribution in [3.63, 3.8) is 0 Å². The minimum absolute atomic E-state index is 0.740. The molecule has 0 aliphatic carbocycles. The second kappa shape index (κ2) is 4.45. The Labute approximate surface area is 94.3 Å². The molecule has 0 aliphatic rings. The van der Waals surface area contributed by atoms with Crippen molar-refractivity contribution in [2.24, 2.45) is 0 Å². The number of halogens is 1. The van der Waals surface area contributed by atoms with Crippen molar-refractivity contribution in [1.82, 2.24) is 0 Å². The molecule has 0 spiro atoms. The maximum absolute atomic E-state index is 5.82. The first-order chi connectivity index (χ1) is 7.29. The molecule has 0 saturated heterocycles. The van der Waals surface area contributed by atoms with Gasteiger partial charge in [0, 0.05) is 16.7 Å². The molecule has 76 valence electrons. The van der Waals surface area contributed by atoms with Crippen molar-refractivity contribution in [2.75, 3.05) is 0 Å². The molecule has 0 amide bonds. The van der Waals surface area contributed by atoms with Gasteiger partial charge in [0.25, 0.3) is 0 Å². The number of aryl methyl sites for hydroxylation is 1. The second-order valence-corrected chi connectivity index (χ2v) is 3.81. The Kier molecular flexibility index (Phi) is 3.02. The topological polar surface area (TPSA) is 11.3 Å². The summed E-state index contributed by atoms with van der Waals surface area (Å²) in [5, 5.41) is 0.740. The van der Waals surface area contributed by atoms with E-state index in [9.17, 15) is 0 Å². The van der Waals surface area contributed by atoms with Crippen molar-refractivity contribution < 1.29 is 4.42 Å². The first kappa shape index (κ1) is 10.2. The van der Waals surface area contributed by atoms with Crippen LogP contribution in [0, 0.1) is 0 Å². The van der Waals surface area contributed by atoms with Crippen LogP contribution in [0.3, 0.4) is 0 Å². The van der Waals surface area contributed by atoms with Gasteiger partial charge >= 0.3 is 12.0 Å². The van der Waals surface area contributed by atoms with Crippen LogP contribution >= 0.6 is 11.6 Å². The predicted molar refractivity (Wildman–Crippen MR) is 62.9 cm³/mol. The van der Waals surface area contributed by atoms with Gasteiger partial charge in [-0.15, -0.1) is 0 Å². The minimum Gasteiger partial charge on any atom is -0.215 e. The highest BCUT2D eigenvalue weighted by molar-refractivity contribution is 6.30. The minimum atomic E-state index is 0.740. The fourth-order valence-corrected chi connectivity index (χ4v) is 1.51. The fourth-order valence-electron chi connectivity index (χ4n) is 1.38. The Morgan fingerprint density at radius 2 is 1.80 bits per heavy atom. The van der Waals surface area contributed by atoms with Crippen LogP contribution in [0.15, 0.2) is 47.1 Å². The van der Waals surface area contributed by atoms with Gasteiger partial charge in [0.1, 0.15) is 0 Å². The highest BCUT2D eigenvalue weighted by atomic mass is 35.5. The number of rotatable bonds is 2. The Balaban J connectivity index is 2.33. The smallest absolute Gasteiger partial charge is 0.215 e. The first-order valence-electron chi connectivity index (χ1n) is 4.96. The fraction of sp³-hybridized carbons (Fsp3) is 0.154. The second-order valence-electron chi connectivity index (χ2n) is 3.37. The van der Waals surface area contributed by atoms with Crippen LogP contribution in [0.4, 0.5) is 0 Å². The van der Waals surface area contributed by atoms with E-state index >= 15 is 0 Å². The van der Waals surface area contributed by atoms with E-state index in [1.165, 1.54) is 5.56 Å². The molecule has 0 radical (unpaired) electrons. The highest BCUT2D eigenvalue weighted by Gasteiger charge is 2.10. The van der Waals surface area contributed by atoms with Gasteiger partial charge < -0.3 is 0 Å². The van der Waals surface area contributed by atoms with Crippen molar-refractivity contribution >= 4 is 11.6 Å². The van der Waals surface area contributed by atoms with E-state index in [-0.39, 0.29) is 0 Å². The van der Waals surface area contributed by atoms with Crippen molar-refractivity contribution in [2.45, 2.75) is 13.3 Å². The summed E-state index contributed by atoms with van der Waals surface area (Å²) in [6.07, 6.45) is 2.79. The number of hydrogen-bond acceptors (Lipinski definition) is 0. The molecule has 2 rings (SSSR count). The molecule has 15 heavy (non-hydrogen) atoms. The molecular formula is C13H12ClO+. The number of hydrogen-bond donors (Lipinski definition) is 0. The molecule has 0 aliphatic heterocycles. The third-order valence-corrected chi connectivity index (χ3v) is 2.58. The molecule has 2 aromatic rings. The van der Waals surface area contributed by atoms with Crippen LogP contribution in [0.1, 0.15) is 12.5 Å². The van der Waals surface area contributed by atoms with Crippen LogP contribution in [0.2, 0.25) is 5.02 Å². The lowest BCUT2D eigenvalue weighted by molar-refractivity contribution is 0.558. The standard InChI is InChI=1S/C13H12ClO/c1-2-10-3-8-13(15-9-10)11-4-6-12(14)7-5-11/h3-9H,2H2,1H3/q+1. The molecule has 2 heteroatoms. The van der Waals surface area contributed by atoms with Gasteiger partial charge in [0.2, 0.25) is 0 Å². The molecule has 0 bridgehead atoms. The Morgan fingerprint density at radius 3 is 2.33 bits per heavy atom. The van der Waals surface area contributed by atoms with Gasteiger partial charge in [0.15, 0.2) is 0 Å². The van der Waals surface area contributed by atoms with Gasteiger partial charge in [-0.05, 0) is 36.8 Å². The van der Waals surface area contributed by atoms with Crippen molar-refractivity contribution in [3.05, 3.63) is 53.2 Å². The third kappa shape index (κ3) is 2.37. The van der Waals surface area contributed by atoms with Gasteiger partial charge in [-0.2, -0.15) is 0 Å². The molecule has 0 unspecified atom stereocenters. The molecular weight excluding hydrogens is 208 g/mol. The molecule has 1 nitrogen and oxygen atoms in total. The van der Waals surface area contributed by atoms with Crippen LogP contribution < -0.4 is 0 Å². The van der Waals surface area contributed by atoms with Gasteiger partial charge in [-0.1, -0.05) is 18.5 Å². The number of benzene rings is 1. The molecule has 0 N–H and O–H groups in total. The summed E-state index contributed by atoms with van der Waals surface area (Å²) in [7, 11) is 0. The van der Waals surface area contributed by atoms with Gasteiger partial charge in [-0.25, -0.2) is 4.42 Å². The Morgan fingerprint density at radius 1 is 1.07 bits per heavy atom. The Bertz CT molecular complexity index is 431. The predicted octanol–water partition coefficient (Wildman–Crippen LogP) is 4.44. The lowest BCUT2D eigenvalue weighted by Gasteiger charge is -1.93. The van der Waals surface area contributed by atoms with Crippen LogP contribution in [0.25, 0.3) is 11.3 Å². The lowest BCUT2D eigenvalue weighted by Crippen LogP contribution is -1.81. The summed E-state index contributed by atoms with van der Waals surface area (Å²) in [5.41, 5.74) is 2.25. The monoisotopic (exact) mass is 219 g/mol. The summed E-state index contributed by atoms with van der Waals surface area (Å²) in [6.45, 7) is 2.10. The molecule has 1 aromatic heterocycles. The zero-order chi connectivity index (χ0) is 10.7. The largest absolute Gasteiger partial charge is 0.359 e. The zero-order valence-electron chi connectivity index (χ0n) is 8.53. The summed E-state index contributed by atoms with van der Waals surface area (Å²) in [4.78, 5) is 0. The maximum atomic E-state index is 5.82. The van der Waals surface area contributed by atoms with E-state index < -0.39 is 0 Å². The van der Waals surface area contributed by atoms with Crippen LogP contribution in [-0.2, 0) is 6.42 Å². The quantitative estimate of drug-likeness (QED) is 0.680. The van der Waals surface area contributed by atoms with E-state index in [1.54, 1.807) is 6.26 Å². The summed E-state index contributed by atoms with van der Waals surface area (Å²) < 4.78 is 5.53. The van der Waals surface area contributed by atoms with Crippen molar-refractivity contribution in [1.29, 1.82) is 0 Å². The molecule has 0 fully saturated rings. The first-order valence-corrected chi connectivity index (χ1v) is 5.34. The molecule has 1 heterocycles. The average Bonchev–Trinajstić information content (AvgIpc) is 2.30. The summed E-state index contributed by atoms with van der Waals surface area (Å²) in [6, 6.07) is 11.7. The average molecular weight is 220 g/mol. The Hall–Kier alpha value is -1.34. The van der Waals surface area contributed by atoms with E-state index in [2.05, 4.69) is 13.0 Å². The van der Waals surface area contributed by atoms with Crippen LogP contribution in [0.5, 0.6) is 0 Å². The zero-order valence-corrected chi connectivity index (χ0v) is 9.29.